The molecule has 0 bridgehead atoms. The molecule has 0 saturated heterocycles. The molecule has 0 spiro atoms. The molecule has 0 atom stereocenters. The number of aryl methyl sites for hydroxylation is 1. The third-order valence-corrected chi connectivity index (χ3v) is 3.94. The SMILES string of the molecule is COC(=O)c1cccc(Nc2cc(NCc3ccccc3C)ncn2)c1. The molecule has 0 amide bonds. The summed E-state index contributed by atoms with van der Waals surface area (Å²) in [5, 5.41) is 6.48. The Hall–Kier alpha value is -3.41. The van der Waals surface area contributed by atoms with Crippen molar-refractivity contribution in [2.75, 3.05) is 17.7 Å². The number of esters is 1. The topological polar surface area (TPSA) is 76.1 Å². The summed E-state index contributed by atoms with van der Waals surface area (Å²) in [6.45, 7) is 2.76. The number of hydrogen-bond acceptors (Lipinski definition) is 6. The van der Waals surface area contributed by atoms with Crippen molar-refractivity contribution in [3.05, 3.63) is 77.6 Å². The average molecular weight is 348 g/mol. The lowest BCUT2D eigenvalue weighted by Crippen LogP contribution is -2.05. The first kappa shape index (κ1) is 17.4. The van der Waals surface area contributed by atoms with E-state index in [0.29, 0.717) is 17.9 Å². The normalized spacial score (nSPS) is 10.2. The van der Waals surface area contributed by atoms with E-state index in [9.17, 15) is 4.79 Å². The fourth-order valence-electron chi connectivity index (χ4n) is 2.51. The zero-order chi connectivity index (χ0) is 18.4. The number of nitrogens with one attached hydrogen (secondary N) is 2. The van der Waals surface area contributed by atoms with Gasteiger partial charge in [0.05, 0.1) is 12.7 Å². The molecule has 2 aromatic carbocycles. The van der Waals surface area contributed by atoms with Gasteiger partial charge in [0.15, 0.2) is 0 Å². The summed E-state index contributed by atoms with van der Waals surface area (Å²) in [6, 6.07) is 17.1. The van der Waals surface area contributed by atoms with Gasteiger partial charge >= 0.3 is 5.97 Å². The lowest BCUT2D eigenvalue weighted by Gasteiger charge is -2.10. The second-order valence-corrected chi connectivity index (χ2v) is 5.77. The minimum Gasteiger partial charge on any atom is -0.465 e. The number of ether oxygens (including phenoxy) is 1. The predicted molar refractivity (Wildman–Crippen MR) is 102 cm³/mol. The van der Waals surface area contributed by atoms with Gasteiger partial charge in [0.1, 0.15) is 18.0 Å². The first-order valence-electron chi connectivity index (χ1n) is 8.21. The van der Waals surface area contributed by atoms with E-state index in [1.807, 2.05) is 24.3 Å². The van der Waals surface area contributed by atoms with E-state index in [-0.39, 0.29) is 5.97 Å². The van der Waals surface area contributed by atoms with Crippen LogP contribution in [0.4, 0.5) is 17.3 Å². The molecule has 2 N–H and O–H groups in total. The van der Waals surface area contributed by atoms with Crippen LogP contribution in [-0.4, -0.2) is 23.0 Å². The van der Waals surface area contributed by atoms with E-state index in [0.717, 1.165) is 11.5 Å². The highest BCUT2D eigenvalue weighted by Crippen LogP contribution is 2.18. The van der Waals surface area contributed by atoms with Gasteiger partial charge in [-0.3, -0.25) is 0 Å². The minimum atomic E-state index is -0.378. The maximum Gasteiger partial charge on any atom is 0.337 e. The van der Waals surface area contributed by atoms with E-state index in [1.165, 1.54) is 24.6 Å². The Balaban J connectivity index is 1.70. The van der Waals surface area contributed by atoms with Crippen LogP contribution in [0.5, 0.6) is 0 Å². The summed E-state index contributed by atoms with van der Waals surface area (Å²) in [6.07, 6.45) is 1.49. The van der Waals surface area contributed by atoms with E-state index in [1.54, 1.807) is 18.2 Å². The maximum atomic E-state index is 11.6. The van der Waals surface area contributed by atoms with Gasteiger partial charge in [-0.2, -0.15) is 0 Å². The second-order valence-electron chi connectivity index (χ2n) is 5.77. The molecule has 3 aromatic rings. The molecular weight excluding hydrogens is 328 g/mol. The number of rotatable bonds is 6. The van der Waals surface area contributed by atoms with Gasteiger partial charge in [-0.15, -0.1) is 0 Å². The van der Waals surface area contributed by atoms with Crippen LogP contribution in [0.2, 0.25) is 0 Å². The number of nitrogens with zero attached hydrogens (tertiary/aromatic N) is 2. The van der Waals surface area contributed by atoms with Gasteiger partial charge < -0.3 is 15.4 Å². The Morgan fingerprint density at radius 1 is 1.04 bits per heavy atom. The quantitative estimate of drug-likeness (QED) is 0.658. The van der Waals surface area contributed by atoms with Crippen molar-refractivity contribution in [3.63, 3.8) is 0 Å². The first-order valence-corrected chi connectivity index (χ1v) is 8.21. The minimum absolute atomic E-state index is 0.378. The molecule has 0 aliphatic heterocycles. The van der Waals surface area contributed by atoms with Crippen molar-refractivity contribution in [1.29, 1.82) is 0 Å². The lowest BCUT2D eigenvalue weighted by molar-refractivity contribution is 0.0601. The Morgan fingerprint density at radius 2 is 1.85 bits per heavy atom. The monoisotopic (exact) mass is 348 g/mol. The van der Waals surface area contributed by atoms with Gasteiger partial charge in [-0.1, -0.05) is 30.3 Å². The number of benzene rings is 2. The highest BCUT2D eigenvalue weighted by atomic mass is 16.5. The van der Waals surface area contributed by atoms with Crippen LogP contribution in [0.25, 0.3) is 0 Å². The Morgan fingerprint density at radius 3 is 2.65 bits per heavy atom. The molecule has 26 heavy (non-hydrogen) atoms. The number of methoxy groups -OCH3 is 1. The lowest BCUT2D eigenvalue weighted by atomic mass is 10.1. The van der Waals surface area contributed by atoms with Crippen LogP contribution in [0.1, 0.15) is 21.5 Å². The molecule has 0 aliphatic rings. The van der Waals surface area contributed by atoms with Gasteiger partial charge in [0.2, 0.25) is 0 Å². The number of hydrogen-bond donors (Lipinski definition) is 2. The van der Waals surface area contributed by atoms with Gasteiger partial charge in [-0.25, -0.2) is 14.8 Å². The molecule has 3 rings (SSSR count). The van der Waals surface area contributed by atoms with E-state index in [2.05, 4.69) is 39.7 Å². The van der Waals surface area contributed by atoms with Crippen LogP contribution in [0.3, 0.4) is 0 Å². The van der Waals surface area contributed by atoms with Crippen molar-refractivity contribution in [1.82, 2.24) is 9.97 Å². The standard InChI is InChI=1S/C20H20N4O2/c1-14-6-3-4-7-16(14)12-21-18-11-19(23-13-22-18)24-17-9-5-8-15(10-17)20(25)26-2/h3-11,13H,12H2,1-2H3,(H2,21,22,23,24). The Bertz CT molecular complexity index is 912. The Labute approximate surface area is 152 Å². The molecular formula is C20H20N4O2. The van der Waals surface area contributed by atoms with Crippen molar-refractivity contribution < 1.29 is 9.53 Å². The first-order chi connectivity index (χ1) is 12.7. The summed E-state index contributed by atoms with van der Waals surface area (Å²) in [5.41, 5.74) is 3.67. The fourth-order valence-corrected chi connectivity index (χ4v) is 2.51. The van der Waals surface area contributed by atoms with Gasteiger partial charge in [-0.05, 0) is 36.2 Å². The number of aromatic nitrogens is 2. The molecule has 0 aliphatic carbocycles. The zero-order valence-electron chi connectivity index (χ0n) is 14.7. The summed E-state index contributed by atoms with van der Waals surface area (Å²) in [7, 11) is 1.36. The van der Waals surface area contributed by atoms with Gasteiger partial charge in [0.25, 0.3) is 0 Å². The Kier molecular flexibility index (Phi) is 5.43. The summed E-state index contributed by atoms with van der Waals surface area (Å²) < 4.78 is 4.74. The molecule has 6 nitrogen and oxygen atoms in total. The van der Waals surface area contributed by atoms with Crippen LogP contribution >= 0.6 is 0 Å². The molecule has 0 fully saturated rings. The fraction of sp³-hybridized carbons (Fsp3) is 0.150. The molecule has 6 heteroatoms. The van der Waals surface area contributed by atoms with Crippen LogP contribution in [-0.2, 0) is 11.3 Å². The van der Waals surface area contributed by atoms with E-state index < -0.39 is 0 Å². The highest BCUT2D eigenvalue weighted by molar-refractivity contribution is 5.90. The van der Waals surface area contributed by atoms with Crippen LogP contribution in [0.15, 0.2) is 60.9 Å². The third-order valence-electron chi connectivity index (χ3n) is 3.94. The van der Waals surface area contributed by atoms with E-state index >= 15 is 0 Å². The maximum absolute atomic E-state index is 11.6. The summed E-state index contributed by atoms with van der Waals surface area (Å²) in [4.78, 5) is 20.1. The van der Waals surface area contributed by atoms with Crippen molar-refractivity contribution in [2.45, 2.75) is 13.5 Å². The second kappa shape index (κ2) is 8.11. The molecule has 1 heterocycles. The molecule has 132 valence electrons. The van der Waals surface area contributed by atoms with Gasteiger partial charge in [0, 0.05) is 18.3 Å². The number of carbonyl (C=O) groups is 1. The summed E-state index contributed by atoms with van der Waals surface area (Å²) >= 11 is 0. The number of carbonyl (C=O) groups excluding carboxylic acids is 1. The zero-order valence-corrected chi connectivity index (χ0v) is 14.7. The summed E-state index contributed by atoms with van der Waals surface area (Å²) in [5.74, 6) is 0.973. The third kappa shape index (κ3) is 4.36. The highest BCUT2D eigenvalue weighted by Gasteiger charge is 2.06. The van der Waals surface area contributed by atoms with Crippen LogP contribution in [0, 0.1) is 6.92 Å². The average Bonchev–Trinajstić information content (AvgIpc) is 2.67. The molecule has 1 aromatic heterocycles. The van der Waals surface area contributed by atoms with Crippen LogP contribution < -0.4 is 10.6 Å². The molecule has 0 unspecified atom stereocenters. The van der Waals surface area contributed by atoms with E-state index in [4.69, 9.17) is 4.74 Å². The molecule has 0 radical (unpaired) electrons. The molecule has 0 saturated carbocycles. The van der Waals surface area contributed by atoms with Crippen molar-refractivity contribution in [2.24, 2.45) is 0 Å². The smallest absolute Gasteiger partial charge is 0.337 e. The predicted octanol–water partition coefficient (Wildman–Crippen LogP) is 3.93. The van der Waals surface area contributed by atoms with Crippen molar-refractivity contribution >= 4 is 23.3 Å². The largest absolute Gasteiger partial charge is 0.465 e. The number of anilines is 3. The van der Waals surface area contributed by atoms with Crippen molar-refractivity contribution in [3.8, 4) is 0 Å².